The van der Waals surface area contributed by atoms with Gasteiger partial charge in [0.25, 0.3) is 0 Å². The quantitative estimate of drug-likeness (QED) is 0.768. The summed E-state index contributed by atoms with van der Waals surface area (Å²) in [6, 6.07) is 10.2. The highest BCUT2D eigenvalue weighted by atomic mass is 32.2. The van der Waals surface area contributed by atoms with E-state index in [0.717, 1.165) is 17.7 Å². The Morgan fingerprint density at radius 1 is 1.00 bits per heavy atom. The van der Waals surface area contributed by atoms with Crippen LogP contribution in [0.25, 0.3) is 0 Å². The number of benzene rings is 2. The van der Waals surface area contributed by atoms with Crippen LogP contribution in [-0.2, 0) is 16.4 Å². The molecular weight excluding hydrogens is 333 g/mol. The Kier molecular flexibility index (Phi) is 5.80. The lowest BCUT2D eigenvalue weighted by Crippen LogP contribution is -2.29. The minimum atomic E-state index is -3.64. The fourth-order valence-corrected chi connectivity index (χ4v) is 3.40. The summed E-state index contributed by atoms with van der Waals surface area (Å²) in [4.78, 5) is 0.0683. The Morgan fingerprint density at radius 3 is 2.21 bits per heavy atom. The van der Waals surface area contributed by atoms with E-state index in [0.29, 0.717) is 17.9 Å². The summed E-state index contributed by atoms with van der Waals surface area (Å²) in [6.45, 7) is 0.287. The number of ether oxygens (including phenoxy) is 2. The van der Waals surface area contributed by atoms with E-state index in [-0.39, 0.29) is 11.4 Å². The fourth-order valence-electron chi connectivity index (χ4n) is 2.23. The van der Waals surface area contributed by atoms with Crippen molar-refractivity contribution in [1.82, 2.24) is 4.31 Å². The highest BCUT2D eigenvalue weighted by Crippen LogP contribution is 2.28. The number of hydrogen-bond donors (Lipinski definition) is 0. The Labute approximate surface area is 141 Å². The molecule has 0 aliphatic heterocycles. The van der Waals surface area contributed by atoms with Crippen molar-refractivity contribution in [3.63, 3.8) is 0 Å². The number of nitrogens with zero attached hydrogens (tertiary/aromatic N) is 1. The maximum absolute atomic E-state index is 12.9. The molecule has 0 spiro atoms. The minimum absolute atomic E-state index is 0.0683. The Balaban J connectivity index is 2.09. The van der Waals surface area contributed by atoms with Gasteiger partial charge < -0.3 is 9.47 Å². The van der Waals surface area contributed by atoms with Crippen molar-refractivity contribution in [2.45, 2.75) is 11.3 Å². The third-order valence-corrected chi connectivity index (χ3v) is 5.56. The molecule has 2 aromatic carbocycles. The molecule has 0 atom stereocenters. The van der Waals surface area contributed by atoms with E-state index in [1.807, 2.05) is 12.1 Å². The molecule has 2 aromatic rings. The van der Waals surface area contributed by atoms with Crippen LogP contribution in [0.2, 0.25) is 0 Å². The molecule has 7 heteroatoms. The predicted molar refractivity (Wildman–Crippen MR) is 89.5 cm³/mol. The summed E-state index contributed by atoms with van der Waals surface area (Å²) in [5.41, 5.74) is 0.925. The average Bonchev–Trinajstić information content (AvgIpc) is 2.59. The molecule has 130 valence electrons. The van der Waals surface area contributed by atoms with Crippen LogP contribution in [0.4, 0.5) is 4.39 Å². The summed E-state index contributed by atoms with van der Waals surface area (Å²) < 4.78 is 49.5. The van der Waals surface area contributed by atoms with Crippen molar-refractivity contribution in [3.8, 4) is 11.5 Å². The molecule has 24 heavy (non-hydrogen) atoms. The molecule has 0 aliphatic carbocycles. The second-order valence-corrected chi connectivity index (χ2v) is 7.26. The Bertz CT molecular complexity index is 791. The van der Waals surface area contributed by atoms with Crippen LogP contribution in [0.15, 0.2) is 47.4 Å². The van der Waals surface area contributed by atoms with Crippen molar-refractivity contribution in [2.75, 3.05) is 27.8 Å². The first-order chi connectivity index (χ1) is 11.4. The monoisotopic (exact) mass is 353 g/mol. The van der Waals surface area contributed by atoms with Crippen molar-refractivity contribution in [2.24, 2.45) is 0 Å². The topological polar surface area (TPSA) is 55.8 Å². The van der Waals surface area contributed by atoms with Crippen LogP contribution >= 0.6 is 0 Å². The molecule has 0 aliphatic rings. The average molecular weight is 353 g/mol. The van der Waals surface area contributed by atoms with E-state index in [9.17, 15) is 12.8 Å². The second-order valence-electron chi connectivity index (χ2n) is 5.22. The lowest BCUT2D eigenvalue weighted by atomic mass is 10.1. The van der Waals surface area contributed by atoms with E-state index in [2.05, 4.69) is 0 Å². The zero-order valence-corrected chi connectivity index (χ0v) is 14.6. The number of likely N-dealkylation sites (N-methyl/N-ethyl adjacent to an activating group) is 1. The Morgan fingerprint density at radius 2 is 1.62 bits per heavy atom. The predicted octanol–water partition coefficient (Wildman–Crippen LogP) is 2.71. The van der Waals surface area contributed by atoms with Crippen LogP contribution < -0.4 is 9.47 Å². The number of hydrogen-bond acceptors (Lipinski definition) is 4. The number of sulfonamides is 1. The third kappa shape index (κ3) is 4.04. The van der Waals surface area contributed by atoms with Gasteiger partial charge in [-0.25, -0.2) is 17.1 Å². The maximum atomic E-state index is 12.9. The first-order valence-electron chi connectivity index (χ1n) is 7.31. The van der Waals surface area contributed by atoms with Gasteiger partial charge in [-0.3, -0.25) is 0 Å². The first-order valence-corrected chi connectivity index (χ1v) is 8.75. The molecular formula is C17H20FNO4S. The third-order valence-electron chi connectivity index (χ3n) is 3.69. The van der Waals surface area contributed by atoms with Crippen LogP contribution in [0, 0.1) is 5.82 Å². The van der Waals surface area contributed by atoms with E-state index in [1.54, 1.807) is 20.3 Å². The second kappa shape index (κ2) is 7.63. The molecule has 0 aromatic heterocycles. The molecule has 0 saturated heterocycles. The van der Waals surface area contributed by atoms with Gasteiger partial charge in [-0.15, -0.1) is 0 Å². The van der Waals surface area contributed by atoms with Gasteiger partial charge in [0.05, 0.1) is 19.1 Å². The van der Waals surface area contributed by atoms with Gasteiger partial charge in [-0.05, 0) is 48.4 Å². The number of halogens is 1. The van der Waals surface area contributed by atoms with Gasteiger partial charge in [-0.2, -0.15) is 0 Å². The molecule has 0 unspecified atom stereocenters. The van der Waals surface area contributed by atoms with Gasteiger partial charge in [0, 0.05) is 13.6 Å². The first kappa shape index (κ1) is 18.2. The number of methoxy groups -OCH3 is 2. The normalized spacial score (nSPS) is 11.5. The van der Waals surface area contributed by atoms with Crippen molar-refractivity contribution in [3.05, 3.63) is 53.8 Å². The summed E-state index contributed by atoms with van der Waals surface area (Å²) >= 11 is 0. The van der Waals surface area contributed by atoms with Gasteiger partial charge in [0.1, 0.15) is 5.82 Å². The van der Waals surface area contributed by atoms with Crippen molar-refractivity contribution in [1.29, 1.82) is 0 Å². The fraction of sp³-hybridized carbons (Fsp3) is 0.294. The molecule has 0 radical (unpaired) electrons. The standard InChI is InChI=1S/C17H20FNO4S/c1-19(24(20,21)15-7-5-14(18)6-8-15)11-10-13-4-9-16(22-2)17(12-13)23-3/h4-9,12H,10-11H2,1-3H3. The molecule has 0 N–H and O–H groups in total. The smallest absolute Gasteiger partial charge is 0.242 e. The van der Waals surface area contributed by atoms with E-state index >= 15 is 0 Å². The molecule has 0 bridgehead atoms. The summed E-state index contributed by atoms with van der Waals surface area (Å²) in [7, 11) is 0.960. The van der Waals surface area contributed by atoms with Gasteiger partial charge >= 0.3 is 0 Å². The molecule has 0 fully saturated rings. The zero-order chi connectivity index (χ0) is 17.7. The van der Waals surface area contributed by atoms with Crippen LogP contribution in [-0.4, -0.2) is 40.5 Å². The van der Waals surface area contributed by atoms with Gasteiger partial charge in [0.15, 0.2) is 11.5 Å². The van der Waals surface area contributed by atoms with Crippen LogP contribution in [0.5, 0.6) is 11.5 Å². The minimum Gasteiger partial charge on any atom is -0.493 e. The lowest BCUT2D eigenvalue weighted by molar-refractivity contribution is 0.354. The molecule has 0 amide bonds. The number of rotatable bonds is 7. The molecule has 0 heterocycles. The SMILES string of the molecule is COc1ccc(CCN(C)S(=O)(=O)c2ccc(F)cc2)cc1OC. The molecule has 5 nitrogen and oxygen atoms in total. The summed E-state index contributed by atoms with van der Waals surface area (Å²) in [6.07, 6.45) is 0.511. The van der Waals surface area contributed by atoms with Crippen LogP contribution in [0.3, 0.4) is 0 Å². The van der Waals surface area contributed by atoms with Crippen LogP contribution in [0.1, 0.15) is 5.56 Å². The maximum Gasteiger partial charge on any atom is 0.242 e. The lowest BCUT2D eigenvalue weighted by Gasteiger charge is -2.17. The highest BCUT2D eigenvalue weighted by Gasteiger charge is 2.20. The van der Waals surface area contributed by atoms with Crippen molar-refractivity contribution < 1.29 is 22.3 Å². The summed E-state index contributed by atoms with van der Waals surface area (Å²) in [5, 5.41) is 0. The molecule has 2 rings (SSSR count). The zero-order valence-electron chi connectivity index (χ0n) is 13.8. The summed E-state index contributed by atoms with van der Waals surface area (Å²) in [5.74, 6) is 0.745. The van der Waals surface area contributed by atoms with Gasteiger partial charge in [-0.1, -0.05) is 6.07 Å². The van der Waals surface area contributed by atoms with Crippen molar-refractivity contribution >= 4 is 10.0 Å². The van der Waals surface area contributed by atoms with E-state index in [4.69, 9.17) is 9.47 Å². The van der Waals surface area contributed by atoms with E-state index < -0.39 is 15.8 Å². The van der Waals surface area contributed by atoms with E-state index in [1.165, 1.54) is 23.5 Å². The Hall–Kier alpha value is -2.12. The largest absolute Gasteiger partial charge is 0.493 e. The van der Waals surface area contributed by atoms with Gasteiger partial charge in [0.2, 0.25) is 10.0 Å². The highest BCUT2D eigenvalue weighted by molar-refractivity contribution is 7.89. The molecule has 0 saturated carbocycles.